The normalized spacial score (nSPS) is 11.2. The van der Waals surface area contributed by atoms with Crippen molar-refractivity contribution in [3.63, 3.8) is 0 Å². The minimum atomic E-state index is -0.770. The molecule has 0 aliphatic carbocycles. The summed E-state index contributed by atoms with van der Waals surface area (Å²) in [6, 6.07) is 1.87. The maximum atomic E-state index is 10.8. The van der Waals surface area contributed by atoms with E-state index in [2.05, 4.69) is 0 Å². The molecule has 7 nitrogen and oxygen atoms in total. The summed E-state index contributed by atoms with van der Waals surface area (Å²) in [6.45, 7) is 5.11. The summed E-state index contributed by atoms with van der Waals surface area (Å²) >= 11 is 0. The number of rotatable bonds is 2. The second-order valence-electron chi connectivity index (χ2n) is 4.62. The van der Waals surface area contributed by atoms with Crippen LogP contribution in [-0.4, -0.2) is 15.0 Å². The van der Waals surface area contributed by atoms with Crippen molar-refractivity contribution in [2.24, 2.45) is 0 Å². The van der Waals surface area contributed by atoms with Gasteiger partial charge in [0.25, 0.3) is 5.69 Å². The van der Waals surface area contributed by atoms with Crippen LogP contribution < -0.4 is 0 Å². The number of hydrogen-bond donors (Lipinski definition) is 1. The number of aromatic hydroxyl groups is 1. The van der Waals surface area contributed by atoms with Crippen LogP contribution >= 0.6 is 0 Å². The zero-order chi connectivity index (χ0) is 13.4. The van der Waals surface area contributed by atoms with Crippen molar-refractivity contribution in [2.75, 3.05) is 0 Å². The fraction of sp³-hybridized carbons (Fsp3) is 0.400. The Morgan fingerprint density at radius 1 is 1.06 bits per heavy atom. The lowest BCUT2D eigenvalue weighted by Gasteiger charge is -2.18. The van der Waals surface area contributed by atoms with E-state index in [0.29, 0.717) is 0 Å². The van der Waals surface area contributed by atoms with Crippen LogP contribution in [0.3, 0.4) is 0 Å². The quantitative estimate of drug-likeness (QED) is 0.631. The SMILES string of the molecule is CC(C)(C)c1cc([N+](=O)[O-])c(O)cc1[N+](=O)[O-]. The molecule has 0 amide bonds. The molecule has 1 rings (SSSR count). The molecule has 0 spiro atoms. The summed E-state index contributed by atoms with van der Waals surface area (Å²) in [4.78, 5) is 20.1. The number of benzene rings is 1. The Balaban J connectivity index is 3.60. The molecule has 0 bridgehead atoms. The molecule has 0 aliphatic heterocycles. The Hall–Kier alpha value is -2.18. The van der Waals surface area contributed by atoms with E-state index >= 15 is 0 Å². The van der Waals surface area contributed by atoms with Crippen molar-refractivity contribution >= 4 is 11.4 Å². The molecule has 0 aliphatic rings. The van der Waals surface area contributed by atoms with Crippen LogP contribution in [0.4, 0.5) is 11.4 Å². The molecule has 0 saturated heterocycles. The average molecular weight is 240 g/mol. The minimum Gasteiger partial charge on any atom is -0.502 e. The molecular weight excluding hydrogens is 228 g/mol. The molecule has 0 aromatic heterocycles. The highest BCUT2D eigenvalue weighted by atomic mass is 16.6. The van der Waals surface area contributed by atoms with Gasteiger partial charge < -0.3 is 5.11 Å². The molecular formula is C10H12N2O5. The van der Waals surface area contributed by atoms with Crippen molar-refractivity contribution in [1.29, 1.82) is 0 Å². The first-order valence-electron chi connectivity index (χ1n) is 4.81. The topological polar surface area (TPSA) is 107 Å². The standard InChI is InChI=1S/C10H12N2O5/c1-10(2,3)6-4-8(12(16)17)9(13)5-7(6)11(14)15/h4-5,13H,1-3H3. The summed E-state index contributed by atoms with van der Waals surface area (Å²) in [5.74, 6) is -0.699. The summed E-state index contributed by atoms with van der Waals surface area (Å²) in [5, 5.41) is 30.8. The van der Waals surface area contributed by atoms with E-state index in [1.807, 2.05) is 0 Å². The van der Waals surface area contributed by atoms with Gasteiger partial charge in [-0.2, -0.15) is 0 Å². The number of nitro benzene ring substituents is 2. The molecule has 0 heterocycles. The molecule has 7 heteroatoms. The Morgan fingerprint density at radius 2 is 1.53 bits per heavy atom. The van der Waals surface area contributed by atoms with E-state index in [-0.39, 0.29) is 11.3 Å². The number of nitro groups is 2. The van der Waals surface area contributed by atoms with Crippen LogP contribution in [0, 0.1) is 20.2 Å². The van der Waals surface area contributed by atoms with Crippen LogP contribution in [0.2, 0.25) is 0 Å². The zero-order valence-electron chi connectivity index (χ0n) is 9.63. The highest BCUT2D eigenvalue weighted by Crippen LogP contribution is 2.39. The van der Waals surface area contributed by atoms with Gasteiger partial charge in [-0.1, -0.05) is 20.8 Å². The molecule has 0 radical (unpaired) electrons. The Bertz CT molecular complexity index is 490. The van der Waals surface area contributed by atoms with E-state index in [9.17, 15) is 25.3 Å². The number of nitrogens with zero attached hydrogens (tertiary/aromatic N) is 2. The monoisotopic (exact) mass is 240 g/mol. The van der Waals surface area contributed by atoms with Gasteiger partial charge in [0.2, 0.25) is 5.75 Å². The fourth-order valence-electron chi connectivity index (χ4n) is 1.46. The number of hydrogen-bond acceptors (Lipinski definition) is 5. The van der Waals surface area contributed by atoms with Gasteiger partial charge in [-0.25, -0.2) is 0 Å². The van der Waals surface area contributed by atoms with Gasteiger partial charge in [-0.3, -0.25) is 20.2 Å². The minimum absolute atomic E-state index is 0.215. The maximum absolute atomic E-state index is 10.8. The van der Waals surface area contributed by atoms with Gasteiger partial charge >= 0.3 is 5.69 Å². The van der Waals surface area contributed by atoms with Gasteiger partial charge in [0.05, 0.1) is 15.9 Å². The van der Waals surface area contributed by atoms with Crippen molar-refractivity contribution in [3.8, 4) is 5.75 Å². The van der Waals surface area contributed by atoms with Gasteiger partial charge in [0, 0.05) is 11.6 Å². The molecule has 1 aromatic carbocycles. The summed E-state index contributed by atoms with van der Waals surface area (Å²) < 4.78 is 0. The molecule has 1 N–H and O–H groups in total. The fourth-order valence-corrected chi connectivity index (χ4v) is 1.46. The molecule has 0 unspecified atom stereocenters. The van der Waals surface area contributed by atoms with Crippen LogP contribution in [0.25, 0.3) is 0 Å². The van der Waals surface area contributed by atoms with Gasteiger partial charge in [0.15, 0.2) is 0 Å². The van der Waals surface area contributed by atoms with E-state index in [1.54, 1.807) is 20.8 Å². The first kappa shape index (κ1) is 12.9. The second-order valence-corrected chi connectivity index (χ2v) is 4.62. The predicted molar refractivity (Wildman–Crippen MR) is 60.1 cm³/mol. The van der Waals surface area contributed by atoms with E-state index in [4.69, 9.17) is 0 Å². The van der Waals surface area contributed by atoms with Crippen LogP contribution in [0.15, 0.2) is 12.1 Å². The van der Waals surface area contributed by atoms with E-state index in [1.165, 1.54) is 0 Å². The van der Waals surface area contributed by atoms with E-state index in [0.717, 1.165) is 12.1 Å². The zero-order valence-corrected chi connectivity index (χ0v) is 9.63. The Labute approximate surface area is 97.0 Å². The first-order chi connectivity index (χ1) is 7.64. The highest BCUT2D eigenvalue weighted by Gasteiger charge is 2.30. The van der Waals surface area contributed by atoms with Gasteiger partial charge in [-0.05, 0) is 5.41 Å². The lowest BCUT2D eigenvalue weighted by atomic mass is 9.85. The third kappa shape index (κ3) is 2.49. The smallest absolute Gasteiger partial charge is 0.311 e. The second kappa shape index (κ2) is 4.00. The summed E-state index contributed by atoms with van der Waals surface area (Å²) in [5.41, 5.74) is -1.26. The predicted octanol–water partition coefficient (Wildman–Crippen LogP) is 2.51. The van der Waals surface area contributed by atoms with Crippen LogP contribution in [0.5, 0.6) is 5.75 Å². The van der Waals surface area contributed by atoms with Crippen molar-refractivity contribution in [2.45, 2.75) is 26.2 Å². The molecule has 0 fully saturated rings. The molecule has 0 atom stereocenters. The molecule has 92 valence electrons. The number of phenols is 1. The molecule has 17 heavy (non-hydrogen) atoms. The third-order valence-electron chi connectivity index (χ3n) is 2.29. The summed E-state index contributed by atoms with van der Waals surface area (Å²) in [6.07, 6.45) is 0. The molecule has 0 saturated carbocycles. The number of phenolic OH excluding ortho intramolecular Hbond substituents is 1. The van der Waals surface area contributed by atoms with Crippen molar-refractivity contribution in [1.82, 2.24) is 0 Å². The van der Waals surface area contributed by atoms with Crippen molar-refractivity contribution < 1.29 is 15.0 Å². The maximum Gasteiger partial charge on any atom is 0.311 e. The lowest BCUT2D eigenvalue weighted by Crippen LogP contribution is -2.14. The first-order valence-corrected chi connectivity index (χ1v) is 4.81. The Kier molecular flexibility index (Phi) is 3.03. The van der Waals surface area contributed by atoms with Crippen molar-refractivity contribution in [3.05, 3.63) is 37.9 Å². The third-order valence-corrected chi connectivity index (χ3v) is 2.29. The largest absolute Gasteiger partial charge is 0.502 e. The summed E-state index contributed by atoms with van der Waals surface area (Å²) in [7, 11) is 0. The average Bonchev–Trinajstić information content (AvgIpc) is 2.14. The van der Waals surface area contributed by atoms with Crippen LogP contribution in [-0.2, 0) is 5.41 Å². The van der Waals surface area contributed by atoms with Gasteiger partial charge in [-0.15, -0.1) is 0 Å². The molecule has 1 aromatic rings. The Morgan fingerprint density at radius 3 is 1.88 bits per heavy atom. The lowest BCUT2D eigenvalue weighted by molar-refractivity contribution is -0.390. The van der Waals surface area contributed by atoms with E-state index < -0.39 is 26.7 Å². The highest BCUT2D eigenvalue weighted by molar-refractivity contribution is 5.59. The van der Waals surface area contributed by atoms with Crippen LogP contribution in [0.1, 0.15) is 26.3 Å². The van der Waals surface area contributed by atoms with Gasteiger partial charge in [0.1, 0.15) is 0 Å².